The van der Waals surface area contributed by atoms with Crippen molar-refractivity contribution in [1.29, 1.82) is 0 Å². The van der Waals surface area contributed by atoms with Crippen molar-refractivity contribution in [3.8, 4) is 0 Å². The van der Waals surface area contributed by atoms with Crippen molar-refractivity contribution in [1.82, 2.24) is 0 Å². The summed E-state index contributed by atoms with van der Waals surface area (Å²) >= 11 is 0. The number of sulfonamides is 2. The summed E-state index contributed by atoms with van der Waals surface area (Å²) in [6, 6.07) is 7.88. The van der Waals surface area contributed by atoms with E-state index in [4.69, 9.17) is 0 Å². The molecular formula is C15H17N3O6S2. The van der Waals surface area contributed by atoms with E-state index < -0.39 is 25.0 Å². The fraction of sp³-hybridized carbons (Fsp3) is 0.200. The molecule has 0 radical (unpaired) electrons. The van der Waals surface area contributed by atoms with Gasteiger partial charge in [0.2, 0.25) is 10.0 Å². The minimum atomic E-state index is -4.10. The van der Waals surface area contributed by atoms with Crippen LogP contribution in [0.3, 0.4) is 0 Å². The van der Waals surface area contributed by atoms with Crippen molar-refractivity contribution < 1.29 is 21.8 Å². The summed E-state index contributed by atoms with van der Waals surface area (Å²) < 4.78 is 52.6. The van der Waals surface area contributed by atoms with Crippen LogP contribution in [0.2, 0.25) is 0 Å². The molecule has 0 aliphatic rings. The SMILES string of the molecule is Cc1ccc(NS(=O)(=O)c2cc([N+](=O)[O-])ccc2C)cc1NS(C)(=O)=O. The number of nitro groups is 1. The van der Waals surface area contributed by atoms with Gasteiger partial charge in [0.1, 0.15) is 0 Å². The quantitative estimate of drug-likeness (QED) is 0.565. The first kappa shape index (κ1) is 19.7. The van der Waals surface area contributed by atoms with Gasteiger partial charge in [-0.3, -0.25) is 19.6 Å². The second-order valence-electron chi connectivity index (χ2n) is 5.72. The van der Waals surface area contributed by atoms with Crippen LogP contribution in [0.5, 0.6) is 0 Å². The van der Waals surface area contributed by atoms with E-state index in [-0.39, 0.29) is 22.0 Å². The lowest BCUT2D eigenvalue weighted by atomic mass is 10.2. The van der Waals surface area contributed by atoms with E-state index in [2.05, 4.69) is 9.44 Å². The van der Waals surface area contributed by atoms with Crippen molar-refractivity contribution >= 4 is 37.1 Å². The van der Waals surface area contributed by atoms with Crippen LogP contribution in [0.4, 0.5) is 17.1 Å². The molecule has 0 aromatic heterocycles. The molecule has 0 bridgehead atoms. The third-order valence-corrected chi connectivity index (χ3v) is 5.57. The minimum absolute atomic E-state index is 0.118. The van der Waals surface area contributed by atoms with E-state index in [9.17, 15) is 26.9 Å². The van der Waals surface area contributed by atoms with Crippen molar-refractivity contribution in [3.63, 3.8) is 0 Å². The monoisotopic (exact) mass is 399 g/mol. The van der Waals surface area contributed by atoms with Gasteiger partial charge in [0.25, 0.3) is 15.7 Å². The Balaban J connectivity index is 2.43. The molecule has 0 amide bonds. The summed E-state index contributed by atoms with van der Waals surface area (Å²) in [4.78, 5) is 9.98. The summed E-state index contributed by atoms with van der Waals surface area (Å²) in [6.07, 6.45) is 0.982. The first-order valence-electron chi connectivity index (χ1n) is 7.25. The van der Waals surface area contributed by atoms with Crippen LogP contribution in [0.25, 0.3) is 0 Å². The number of hydrogen-bond donors (Lipinski definition) is 2. The largest absolute Gasteiger partial charge is 0.283 e. The Hall–Kier alpha value is -2.66. The second kappa shape index (κ2) is 6.92. The predicted molar refractivity (Wildman–Crippen MR) is 98.3 cm³/mol. The van der Waals surface area contributed by atoms with Gasteiger partial charge in [0.15, 0.2) is 0 Å². The average molecular weight is 399 g/mol. The number of aryl methyl sites for hydroxylation is 2. The molecule has 11 heteroatoms. The molecule has 0 saturated carbocycles. The van der Waals surface area contributed by atoms with E-state index in [1.54, 1.807) is 13.0 Å². The first-order valence-corrected chi connectivity index (χ1v) is 10.6. The molecule has 0 unspecified atom stereocenters. The highest BCUT2D eigenvalue weighted by Gasteiger charge is 2.21. The normalized spacial score (nSPS) is 11.8. The van der Waals surface area contributed by atoms with Crippen LogP contribution in [-0.2, 0) is 20.0 Å². The highest BCUT2D eigenvalue weighted by molar-refractivity contribution is 7.92. The Kier molecular flexibility index (Phi) is 5.23. The fourth-order valence-corrected chi connectivity index (χ4v) is 4.13. The number of benzene rings is 2. The standard InChI is InChI=1S/C15H17N3O6S2/c1-10-4-6-12(8-14(10)17-25(3,21)22)16-26(23,24)15-9-13(18(19)20)7-5-11(15)2/h4-9,16-17H,1-3H3. The maximum atomic E-state index is 12.6. The van der Waals surface area contributed by atoms with Gasteiger partial charge in [-0.1, -0.05) is 12.1 Å². The number of nitro benzene ring substituents is 1. The topological polar surface area (TPSA) is 135 Å². The molecule has 0 aliphatic heterocycles. The van der Waals surface area contributed by atoms with Gasteiger partial charge in [0, 0.05) is 12.1 Å². The number of nitrogens with zero attached hydrogens (tertiary/aromatic N) is 1. The molecule has 0 heterocycles. The van der Waals surface area contributed by atoms with Crippen molar-refractivity contribution in [3.05, 3.63) is 57.6 Å². The van der Waals surface area contributed by atoms with Crippen LogP contribution >= 0.6 is 0 Å². The zero-order chi connectivity index (χ0) is 19.7. The third kappa shape index (κ3) is 4.70. The molecule has 9 nitrogen and oxygen atoms in total. The molecule has 2 aromatic rings. The lowest BCUT2D eigenvalue weighted by Gasteiger charge is -2.13. The maximum absolute atomic E-state index is 12.6. The van der Waals surface area contributed by atoms with Gasteiger partial charge in [0.05, 0.1) is 27.4 Å². The average Bonchev–Trinajstić information content (AvgIpc) is 2.49. The molecule has 0 atom stereocenters. The van der Waals surface area contributed by atoms with Gasteiger partial charge < -0.3 is 0 Å². The number of anilines is 2. The second-order valence-corrected chi connectivity index (χ2v) is 9.12. The van der Waals surface area contributed by atoms with E-state index in [1.165, 1.54) is 31.2 Å². The summed E-state index contributed by atoms with van der Waals surface area (Å²) in [6.45, 7) is 3.18. The van der Waals surface area contributed by atoms with Gasteiger partial charge in [-0.25, -0.2) is 16.8 Å². The molecule has 0 fully saturated rings. The van der Waals surface area contributed by atoms with Crippen LogP contribution in [-0.4, -0.2) is 28.0 Å². The Bertz CT molecular complexity index is 1080. The highest BCUT2D eigenvalue weighted by Crippen LogP contribution is 2.26. The Labute approximate surface area is 151 Å². The molecule has 0 saturated heterocycles. The van der Waals surface area contributed by atoms with Gasteiger partial charge in [-0.05, 0) is 37.1 Å². The zero-order valence-corrected chi connectivity index (χ0v) is 15.8. The Morgan fingerprint density at radius 1 is 0.923 bits per heavy atom. The predicted octanol–water partition coefficient (Wildman–Crippen LogP) is 2.38. The zero-order valence-electron chi connectivity index (χ0n) is 14.2. The minimum Gasteiger partial charge on any atom is -0.283 e. The van der Waals surface area contributed by atoms with E-state index in [0.717, 1.165) is 12.3 Å². The van der Waals surface area contributed by atoms with Crippen molar-refractivity contribution in [2.45, 2.75) is 18.7 Å². The van der Waals surface area contributed by atoms with E-state index in [0.29, 0.717) is 11.1 Å². The van der Waals surface area contributed by atoms with E-state index in [1.807, 2.05) is 0 Å². The molecule has 0 spiro atoms. The smallest absolute Gasteiger partial charge is 0.270 e. The molecule has 2 aromatic carbocycles. The van der Waals surface area contributed by atoms with Crippen molar-refractivity contribution in [2.24, 2.45) is 0 Å². The number of rotatable bonds is 6. The number of nitrogens with one attached hydrogen (secondary N) is 2. The number of hydrogen-bond acceptors (Lipinski definition) is 6. The number of non-ortho nitro benzene ring substituents is 1. The summed E-state index contributed by atoms with van der Waals surface area (Å²) in [5.74, 6) is 0. The molecule has 0 aliphatic carbocycles. The van der Waals surface area contributed by atoms with E-state index >= 15 is 0 Å². The third-order valence-electron chi connectivity index (χ3n) is 3.46. The first-order chi connectivity index (χ1) is 11.9. The van der Waals surface area contributed by atoms with Crippen LogP contribution in [0.15, 0.2) is 41.3 Å². The summed E-state index contributed by atoms with van der Waals surface area (Å²) in [5.41, 5.74) is 0.935. The Morgan fingerprint density at radius 3 is 2.12 bits per heavy atom. The maximum Gasteiger partial charge on any atom is 0.270 e. The Morgan fingerprint density at radius 2 is 1.54 bits per heavy atom. The summed E-state index contributed by atoms with van der Waals surface area (Å²) in [7, 11) is -7.64. The van der Waals surface area contributed by atoms with Crippen molar-refractivity contribution in [2.75, 3.05) is 15.7 Å². The lowest BCUT2D eigenvalue weighted by molar-refractivity contribution is -0.385. The fourth-order valence-electron chi connectivity index (χ4n) is 2.20. The summed E-state index contributed by atoms with van der Waals surface area (Å²) in [5, 5.41) is 10.9. The highest BCUT2D eigenvalue weighted by atomic mass is 32.2. The van der Waals surface area contributed by atoms with Gasteiger partial charge >= 0.3 is 0 Å². The molecule has 2 N–H and O–H groups in total. The van der Waals surface area contributed by atoms with Gasteiger partial charge in [-0.2, -0.15) is 0 Å². The molecular weight excluding hydrogens is 382 g/mol. The lowest BCUT2D eigenvalue weighted by Crippen LogP contribution is -2.15. The molecule has 26 heavy (non-hydrogen) atoms. The van der Waals surface area contributed by atoms with Crippen LogP contribution in [0, 0.1) is 24.0 Å². The molecule has 140 valence electrons. The van der Waals surface area contributed by atoms with Gasteiger partial charge in [-0.15, -0.1) is 0 Å². The van der Waals surface area contributed by atoms with Crippen LogP contribution < -0.4 is 9.44 Å². The molecule has 2 rings (SSSR count). The van der Waals surface area contributed by atoms with Crippen LogP contribution in [0.1, 0.15) is 11.1 Å².